The summed E-state index contributed by atoms with van der Waals surface area (Å²) in [6.45, 7) is 0. The predicted octanol–water partition coefficient (Wildman–Crippen LogP) is 1.07. The lowest BCUT2D eigenvalue weighted by molar-refractivity contribution is 0.580. The molecule has 0 atom stereocenters. The Balaban J connectivity index is 2.87. The van der Waals surface area contributed by atoms with E-state index >= 15 is 0 Å². The molecule has 0 heterocycles. The second kappa shape index (κ2) is 7.01. The zero-order valence-corrected chi connectivity index (χ0v) is 14.7. The summed E-state index contributed by atoms with van der Waals surface area (Å²) in [6, 6.07) is 6.26. The third-order valence-electron chi connectivity index (χ3n) is 2.45. The summed E-state index contributed by atoms with van der Waals surface area (Å²) in [5, 5.41) is 3.66. The van der Waals surface area contributed by atoms with E-state index in [0.29, 0.717) is 10.8 Å². The molecule has 2 N–H and O–H groups in total. The molecule has 0 saturated heterocycles. The average molecular weight is 347 g/mol. The van der Waals surface area contributed by atoms with Crippen molar-refractivity contribution in [3.8, 4) is 0 Å². The van der Waals surface area contributed by atoms with Crippen molar-refractivity contribution in [1.82, 2.24) is 14.5 Å². The first-order chi connectivity index (χ1) is 9.63. The number of thiocarbonyl (C=S) groups is 2. The van der Waals surface area contributed by atoms with Crippen molar-refractivity contribution in [3.63, 3.8) is 0 Å². The largest absolute Gasteiger partial charge is 0.355 e. The molecule has 0 aliphatic carbocycles. The highest BCUT2D eigenvalue weighted by Crippen LogP contribution is 2.14. The molecule has 0 aliphatic rings. The number of rotatable bonds is 3. The first-order valence-corrected chi connectivity index (χ1v) is 8.26. The van der Waals surface area contributed by atoms with Crippen molar-refractivity contribution in [2.45, 2.75) is 4.90 Å². The van der Waals surface area contributed by atoms with Gasteiger partial charge >= 0.3 is 0 Å². The topological polar surface area (TPSA) is 64.7 Å². The Morgan fingerprint density at radius 1 is 0.952 bits per heavy atom. The van der Waals surface area contributed by atoms with Gasteiger partial charge in [0.15, 0.2) is 10.2 Å². The highest BCUT2D eigenvalue weighted by atomic mass is 32.2. The first-order valence-electron chi connectivity index (χ1n) is 5.96. The van der Waals surface area contributed by atoms with Crippen LogP contribution in [0, 0.1) is 0 Å². The van der Waals surface area contributed by atoms with E-state index in [0.717, 1.165) is 0 Å². The van der Waals surface area contributed by atoms with Crippen molar-refractivity contribution in [3.05, 3.63) is 24.3 Å². The van der Waals surface area contributed by atoms with E-state index in [1.54, 1.807) is 31.1 Å². The molecule has 9 heteroatoms. The molecule has 1 aromatic carbocycles. The molecule has 1 aromatic rings. The Bertz CT molecular complexity index is 624. The lowest BCUT2D eigenvalue weighted by Crippen LogP contribution is -2.38. The van der Waals surface area contributed by atoms with Gasteiger partial charge in [0.1, 0.15) is 0 Å². The number of hydrogen-bond acceptors (Lipinski definition) is 4. The normalized spacial score (nSPS) is 10.7. The monoisotopic (exact) mass is 346 g/mol. The minimum atomic E-state index is -3.67. The van der Waals surface area contributed by atoms with Gasteiger partial charge in [-0.1, -0.05) is 0 Å². The average Bonchev–Trinajstić information content (AvgIpc) is 2.38. The van der Waals surface area contributed by atoms with E-state index in [1.165, 1.54) is 17.0 Å². The van der Waals surface area contributed by atoms with Gasteiger partial charge in [-0.3, -0.25) is 4.72 Å². The van der Waals surface area contributed by atoms with Crippen LogP contribution in [0.5, 0.6) is 0 Å². The number of hydrogen-bond donors (Lipinski definition) is 2. The van der Waals surface area contributed by atoms with E-state index in [1.807, 2.05) is 14.1 Å². The molecular weight excluding hydrogens is 328 g/mol. The van der Waals surface area contributed by atoms with Crippen molar-refractivity contribution >= 4 is 50.4 Å². The van der Waals surface area contributed by atoms with Gasteiger partial charge in [-0.05, 0) is 48.7 Å². The van der Waals surface area contributed by atoms with Crippen molar-refractivity contribution in [2.24, 2.45) is 0 Å². The highest BCUT2D eigenvalue weighted by Gasteiger charge is 2.16. The zero-order valence-electron chi connectivity index (χ0n) is 12.2. The van der Waals surface area contributed by atoms with E-state index in [-0.39, 0.29) is 10.0 Å². The third-order valence-corrected chi connectivity index (χ3v) is 4.87. The third kappa shape index (κ3) is 5.10. The molecule has 0 fully saturated rings. The molecule has 116 valence electrons. The Morgan fingerprint density at radius 3 is 1.86 bits per heavy atom. The Morgan fingerprint density at radius 2 is 1.43 bits per heavy atom. The van der Waals surface area contributed by atoms with Crippen LogP contribution < -0.4 is 10.0 Å². The quantitative estimate of drug-likeness (QED) is 0.794. The summed E-state index contributed by atoms with van der Waals surface area (Å²) in [7, 11) is 3.30. The summed E-state index contributed by atoms with van der Waals surface area (Å²) >= 11 is 10.1. The lowest BCUT2D eigenvalue weighted by atomic mass is 10.3. The molecule has 1 rings (SSSR count). The van der Waals surface area contributed by atoms with E-state index in [9.17, 15) is 8.42 Å². The molecule has 0 spiro atoms. The molecule has 0 saturated carbocycles. The molecule has 0 unspecified atom stereocenters. The van der Waals surface area contributed by atoms with Gasteiger partial charge in [-0.15, -0.1) is 0 Å². The number of nitrogens with zero attached hydrogens (tertiary/aromatic N) is 2. The summed E-state index contributed by atoms with van der Waals surface area (Å²) in [6.07, 6.45) is 0. The predicted molar refractivity (Wildman–Crippen MR) is 93.0 cm³/mol. The lowest BCUT2D eigenvalue weighted by Gasteiger charge is -2.17. The fourth-order valence-corrected chi connectivity index (χ4v) is 2.69. The highest BCUT2D eigenvalue weighted by molar-refractivity contribution is 7.91. The maximum atomic E-state index is 12.1. The van der Waals surface area contributed by atoms with Crippen LogP contribution in [-0.4, -0.2) is 56.6 Å². The van der Waals surface area contributed by atoms with Gasteiger partial charge < -0.3 is 15.1 Å². The minimum absolute atomic E-state index is 0.131. The fourth-order valence-electron chi connectivity index (χ4n) is 1.22. The van der Waals surface area contributed by atoms with Crippen molar-refractivity contribution in [1.29, 1.82) is 0 Å². The van der Waals surface area contributed by atoms with Gasteiger partial charge in [0, 0.05) is 33.9 Å². The van der Waals surface area contributed by atoms with Gasteiger partial charge in [0.25, 0.3) is 10.0 Å². The molecular formula is C12H18N4O2S3. The van der Waals surface area contributed by atoms with Crippen LogP contribution in [-0.2, 0) is 10.0 Å². The van der Waals surface area contributed by atoms with Crippen molar-refractivity contribution < 1.29 is 8.42 Å². The molecule has 6 nitrogen and oxygen atoms in total. The van der Waals surface area contributed by atoms with Crippen LogP contribution in [0.15, 0.2) is 29.2 Å². The molecule has 0 aromatic heterocycles. The van der Waals surface area contributed by atoms with Gasteiger partial charge in [0.2, 0.25) is 0 Å². The van der Waals surface area contributed by atoms with Gasteiger partial charge in [-0.2, -0.15) is 0 Å². The van der Waals surface area contributed by atoms with Gasteiger partial charge in [0.05, 0.1) is 4.90 Å². The smallest absolute Gasteiger partial charge is 0.263 e. The van der Waals surface area contributed by atoms with Crippen LogP contribution in [0.3, 0.4) is 0 Å². The van der Waals surface area contributed by atoms with E-state index in [2.05, 4.69) is 10.0 Å². The Hall–Kier alpha value is -1.45. The fraction of sp³-hybridized carbons (Fsp3) is 0.333. The first kappa shape index (κ1) is 17.6. The van der Waals surface area contributed by atoms with Crippen LogP contribution in [0.2, 0.25) is 0 Å². The molecule has 0 radical (unpaired) electrons. The summed E-state index contributed by atoms with van der Waals surface area (Å²) in [5.74, 6) is 0. The van der Waals surface area contributed by atoms with E-state index in [4.69, 9.17) is 24.4 Å². The zero-order chi connectivity index (χ0) is 16.2. The number of benzene rings is 1. The van der Waals surface area contributed by atoms with Crippen LogP contribution in [0.1, 0.15) is 0 Å². The molecule has 21 heavy (non-hydrogen) atoms. The second-order valence-corrected chi connectivity index (χ2v) is 7.11. The Kier molecular flexibility index (Phi) is 5.87. The minimum Gasteiger partial charge on any atom is -0.355 e. The molecule has 0 bridgehead atoms. The summed E-state index contributed by atoms with van der Waals surface area (Å²) in [4.78, 5) is 3.39. The maximum absolute atomic E-state index is 12.1. The standard InChI is InChI=1S/C12H18N4O2S3/c1-15(2)11(19)13-9-5-7-10(8-6-9)21(17,18)14-12(20)16(3)4/h5-8H,1-4H3,(H,13,19)(H,14,20). The van der Waals surface area contributed by atoms with Crippen molar-refractivity contribution in [2.75, 3.05) is 33.5 Å². The number of sulfonamides is 1. The second-order valence-electron chi connectivity index (χ2n) is 4.65. The van der Waals surface area contributed by atoms with Crippen LogP contribution in [0.25, 0.3) is 0 Å². The number of nitrogens with one attached hydrogen (secondary N) is 2. The van der Waals surface area contributed by atoms with Crippen LogP contribution >= 0.6 is 24.4 Å². The Labute approximate surface area is 136 Å². The summed E-state index contributed by atoms with van der Waals surface area (Å²) < 4.78 is 26.5. The molecule has 0 aliphatic heterocycles. The maximum Gasteiger partial charge on any atom is 0.263 e. The van der Waals surface area contributed by atoms with Gasteiger partial charge in [-0.25, -0.2) is 8.42 Å². The number of anilines is 1. The summed E-state index contributed by atoms with van der Waals surface area (Å²) in [5.41, 5.74) is 0.711. The van der Waals surface area contributed by atoms with Crippen LogP contribution in [0.4, 0.5) is 5.69 Å². The SMILES string of the molecule is CN(C)C(=S)Nc1ccc(S(=O)(=O)NC(=S)N(C)C)cc1. The molecule has 0 amide bonds. The van der Waals surface area contributed by atoms with E-state index < -0.39 is 10.0 Å².